The van der Waals surface area contributed by atoms with Gasteiger partial charge in [0, 0.05) is 21.7 Å². The number of H-pyrrole nitrogens is 1. The van der Waals surface area contributed by atoms with Crippen molar-refractivity contribution in [3.8, 4) is 0 Å². The average Bonchev–Trinajstić information content (AvgIpc) is 2.36. The van der Waals surface area contributed by atoms with Gasteiger partial charge in [-0.05, 0) is 6.92 Å². The molecule has 0 amide bonds. The standard InChI is InChI=1S/C7H14N4OS/c1-4-13(3,12)11-6-5(2)9-10-7(6)8/h4H2,1-3H3,(H3,8,9,10)/t13-/m1/s1. The lowest BCUT2D eigenvalue weighted by atomic mass is 10.4. The van der Waals surface area contributed by atoms with Crippen LogP contribution >= 0.6 is 0 Å². The molecule has 1 aromatic heterocycles. The van der Waals surface area contributed by atoms with E-state index in [0.29, 0.717) is 17.3 Å². The molecule has 1 aromatic rings. The van der Waals surface area contributed by atoms with Crippen LogP contribution in [-0.4, -0.2) is 26.4 Å². The molecule has 0 saturated heterocycles. The molecule has 0 aliphatic rings. The molecule has 0 unspecified atom stereocenters. The van der Waals surface area contributed by atoms with Gasteiger partial charge in [-0.3, -0.25) is 5.10 Å². The molecule has 3 N–H and O–H groups in total. The topological polar surface area (TPSA) is 84.1 Å². The number of anilines is 1. The molecule has 0 aliphatic carbocycles. The highest BCUT2D eigenvalue weighted by Gasteiger charge is 2.07. The summed E-state index contributed by atoms with van der Waals surface area (Å²) in [7, 11) is -2.15. The monoisotopic (exact) mass is 202 g/mol. The van der Waals surface area contributed by atoms with Crippen LogP contribution in [0.1, 0.15) is 12.6 Å². The molecule has 1 atom stereocenters. The quantitative estimate of drug-likeness (QED) is 0.751. The molecule has 1 heterocycles. The molecule has 0 fully saturated rings. The molecule has 13 heavy (non-hydrogen) atoms. The highest BCUT2D eigenvalue weighted by atomic mass is 32.2. The van der Waals surface area contributed by atoms with Crippen LogP contribution in [0.4, 0.5) is 11.5 Å². The summed E-state index contributed by atoms with van der Waals surface area (Å²) >= 11 is 0. The number of rotatable bonds is 2. The molecule has 74 valence electrons. The maximum Gasteiger partial charge on any atom is 0.172 e. The van der Waals surface area contributed by atoms with Gasteiger partial charge < -0.3 is 5.73 Å². The van der Waals surface area contributed by atoms with Crippen LogP contribution in [0.2, 0.25) is 0 Å². The predicted molar refractivity (Wildman–Crippen MR) is 54.4 cm³/mol. The molecule has 0 bridgehead atoms. The predicted octanol–water partition coefficient (Wildman–Crippen LogP) is 1.05. The second-order valence-corrected chi connectivity index (χ2v) is 5.60. The molecular formula is C7H14N4OS. The first-order chi connectivity index (χ1) is 5.96. The van der Waals surface area contributed by atoms with Crippen LogP contribution < -0.4 is 5.73 Å². The Bertz CT molecular complexity index is 395. The zero-order chi connectivity index (χ0) is 10.1. The summed E-state index contributed by atoms with van der Waals surface area (Å²) in [5.74, 6) is 0.817. The molecule has 0 aromatic carbocycles. The highest BCUT2D eigenvalue weighted by Crippen LogP contribution is 2.24. The van der Waals surface area contributed by atoms with Gasteiger partial charge in [0.15, 0.2) is 5.82 Å². The average molecular weight is 202 g/mol. The van der Waals surface area contributed by atoms with Gasteiger partial charge in [0.2, 0.25) is 0 Å². The summed E-state index contributed by atoms with van der Waals surface area (Å²) in [5, 5.41) is 6.46. The minimum atomic E-state index is -2.15. The Hall–Kier alpha value is -1.04. The lowest BCUT2D eigenvalue weighted by Gasteiger charge is -1.98. The largest absolute Gasteiger partial charge is 0.380 e. The summed E-state index contributed by atoms with van der Waals surface area (Å²) in [6.07, 6.45) is 1.61. The van der Waals surface area contributed by atoms with E-state index in [4.69, 9.17) is 5.73 Å². The fraction of sp³-hybridized carbons (Fsp3) is 0.571. The number of aromatic amines is 1. The third-order valence-electron chi connectivity index (χ3n) is 1.76. The third kappa shape index (κ3) is 2.21. The Morgan fingerprint density at radius 2 is 2.31 bits per heavy atom. The van der Waals surface area contributed by atoms with Gasteiger partial charge in [-0.25, -0.2) is 4.21 Å². The second-order valence-electron chi connectivity index (χ2n) is 2.92. The summed E-state index contributed by atoms with van der Waals surface area (Å²) in [6.45, 7) is 3.63. The Balaban J connectivity index is 3.25. The van der Waals surface area contributed by atoms with Gasteiger partial charge in [-0.1, -0.05) is 6.92 Å². The number of aromatic nitrogens is 2. The van der Waals surface area contributed by atoms with Crippen LogP contribution in [0, 0.1) is 6.92 Å². The van der Waals surface area contributed by atoms with Crippen molar-refractivity contribution in [2.45, 2.75) is 13.8 Å². The molecule has 1 rings (SSSR count). The van der Waals surface area contributed by atoms with E-state index >= 15 is 0 Å². The number of nitrogens with zero attached hydrogens (tertiary/aromatic N) is 2. The Labute approximate surface area is 77.9 Å². The van der Waals surface area contributed by atoms with Crippen LogP contribution in [0.15, 0.2) is 4.36 Å². The number of nitrogens with two attached hydrogens (primary N) is 1. The van der Waals surface area contributed by atoms with Crippen molar-refractivity contribution < 1.29 is 4.21 Å². The number of nitrogens with one attached hydrogen (secondary N) is 1. The van der Waals surface area contributed by atoms with Crippen molar-refractivity contribution in [2.75, 3.05) is 17.7 Å². The number of aryl methyl sites for hydroxylation is 1. The number of hydrogen-bond donors (Lipinski definition) is 2. The van der Waals surface area contributed by atoms with E-state index in [-0.39, 0.29) is 0 Å². The molecule has 0 aliphatic heterocycles. The normalized spacial score (nSPS) is 15.3. The van der Waals surface area contributed by atoms with Crippen LogP contribution in [-0.2, 0) is 9.73 Å². The maximum absolute atomic E-state index is 11.7. The number of hydrogen-bond acceptors (Lipinski definition) is 4. The van der Waals surface area contributed by atoms with Crippen LogP contribution in [0.3, 0.4) is 0 Å². The Morgan fingerprint density at radius 3 is 2.69 bits per heavy atom. The van der Waals surface area contributed by atoms with E-state index in [1.807, 2.05) is 6.92 Å². The summed E-state index contributed by atoms with van der Waals surface area (Å²) < 4.78 is 15.7. The third-order valence-corrected chi connectivity index (χ3v) is 3.40. The Morgan fingerprint density at radius 1 is 1.69 bits per heavy atom. The lowest BCUT2D eigenvalue weighted by molar-refractivity contribution is 0.681. The Kier molecular flexibility index (Phi) is 2.60. The minimum Gasteiger partial charge on any atom is -0.380 e. The number of nitrogen functional groups attached to an aromatic ring is 1. The van der Waals surface area contributed by atoms with Crippen molar-refractivity contribution in [3.63, 3.8) is 0 Å². The van der Waals surface area contributed by atoms with Crippen molar-refractivity contribution >= 4 is 21.2 Å². The van der Waals surface area contributed by atoms with Gasteiger partial charge in [0.1, 0.15) is 5.69 Å². The first-order valence-corrected chi connectivity index (χ1v) is 6.06. The van der Waals surface area contributed by atoms with E-state index in [2.05, 4.69) is 14.6 Å². The van der Waals surface area contributed by atoms with Gasteiger partial charge in [-0.15, -0.1) is 0 Å². The van der Waals surface area contributed by atoms with Crippen molar-refractivity contribution in [1.82, 2.24) is 10.2 Å². The van der Waals surface area contributed by atoms with Crippen LogP contribution in [0.5, 0.6) is 0 Å². The first-order valence-electron chi connectivity index (χ1n) is 3.96. The highest BCUT2D eigenvalue weighted by molar-refractivity contribution is 7.93. The van der Waals surface area contributed by atoms with E-state index in [1.54, 1.807) is 13.2 Å². The van der Waals surface area contributed by atoms with E-state index in [0.717, 1.165) is 5.69 Å². The van der Waals surface area contributed by atoms with E-state index in [9.17, 15) is 4.21 Å². The van der Waals surface area contributed by atoms with Gasteiger partial charge in [0.25, 0.3) is 0 Å². The molecule has 5 nitrogen and oxygen atoms in total. The van der Waals surface area contributed by atoms with Gasteiger partial charge in [-0.2, -0.15) is 9.46 Å². The minimum absolute atomic E-state index is 0.306. The zero-order valence-corrected chi connectivity index (χ0v) is 8.81. The first kappa shape index (κ1) is 10.0. The summed E-state index contributed by atoms with van der Waals surface area (Å²) in [5.41, 5.74) is 6.81. The van der Waals surface area contributed by atoms with Gasteiger partial charge in [0.05, 0.1) is 5.69 Å². The van der Waals surface area contributed by atoms with Crippen molar-refractivity contribution in [2.24, 2.45) is 4.36 Å². The molecule has 0 radical (unpaired) electrons. The van der Waals surface area contributed by atoms with E-state index < -0.39 is 9.73 Å². The summed E-state index contributed by atoms with van der Waals surface area (Å²) in [4.78, 5) is 0. The van der Waals surface area contributed by atoms with Crippen molar-refractivity contribution in [1.29, 1.82) is 0 Å². The second kappa shape index (κ2) is 3.37. The van der Waals surface area contributed by atoms with E-state index in [1.165, 1.54) is 0 Å². The molecule has 0 saturated carbocycles. The zero-order valence-electron chi connectivity index (χ0n) is 8.00. The van der Waals surface area contributed by atoms with Crippen molar-refractivity contribution in [3.05, 3.63) is 5.69 Å². The fourth-order valence-corrected chi connectivity index (χ4v) is 1.56. The van der Waals surface area contributed by atoms with Gasteiger partial charge >= 0.3 is 0 Å². The summed E-state index contributed by atoms with van der Waals surface area (Å²) in [6, 6.07) is 0. The lowest BCUT2D eigenvalue weighted by Crippen LogP contribution is -1.98. The van der Waals surface area contributed by atoms with Crippen LogP contribution in [0.25, 0.3) is 0 Å². The maximum atomic E-state index is 11.7. The molecule has 6 heteroatoms. The SMILES string of the molecule is CC[S@@](C)(=O)=Nc1c(N)n[nH]c1C. The fourth-order valence-electron chi connectivity index (χ4n) is 0.815. The molecule has 0 spiro atoms. The molecular weight excluding hydrogens is 188 g/mol. The smallest absolute Gasteiger partial charge is 0.172 e.